The number of methoxy groups -OCH3 is 2. The van der Waals surface area contributed by atoms with Crippen LogP contribution in [0.1, 0.15) is 24.8 Å². The highest BCUT2D eigenvalue weighted by Crippen LogP contribution is 2.32. The summed E-state index contributed by atoms with van der Waals surface area (Å²) in [6, 6.07) is 13.4. The van der Waals surface area contributed by atoms with Crippen LogP contribution in [-0.4, -0.2) is 34.2 Å². The van der Waals surface area contributed by atoms with Gasteiger partial charge in [0.15, 0.2) is 0 Å². The molecule has 0 saturated carbocycles. The first-order valence-corrected chi connectivity index (χ1v) is 8.23. The van der Waals surface area contributed by atoms with Crippen LogP contribution in [0.3, 0.4) is 0 Å². The minimum Gasteiger partial charge on any atom is -0.497 e. The zero-order valence-electron chi connectivity index (χ0n) is 15.5. The highest BCUT2D eigenvalue weighted by molar-refractivity contribution is 5.91. The van der Waals surface area contributed by atoms with Gasteiger partial charge in [-0.05, 0) is 41.8 Å². The number of nitrogens with zero attached hydrogens (tertiary/aromatic N) is 1. The molecular weight excluding hydrogens is 316 g/mol. The summed E-state index contributed by atoms with van der Waals surface area (Å²) in [7, 11) is 7.21. The lowest BCUT2D eigenvalue weighted by molar-refractivity contribution is -0.116. The van der Waals surface area contributed by atoms with E-state index in [0.717, 1.165) is 28.4 Å². The van der Waals surface area contributed by atoms with Crippen molar-refractivity contribution >= 4 is 17.3 Å². The monoisotopic (exact) mass is 342 g/mol. The second-order valence-corrected chi connectivity index (χ2v) is 6.20. The number of hydrogen-bond donors (Lipinski definition) is 1. The first kappa shape index (κ1) is 18.6. The number of hydrogen-bond acceptors (Lipinski definition) is 4. The third-order valence-electron chi connectivity index (χ3n) is 4.13. The number of anilines is 2. The van der Waals surface area contributed by atoms with Crippen molar-refractivity contribution < 1.29 is 14.3 Å². The van der Waals surface area contributed by atoms with Crippen molar-refractivity contribution in [2.75, 3.05) is 38.5 Å². The molecule has 0 saturated heterocycles. The fourth-order valence-corrected chi connectivity index (χ4v) is 2.67. The summed E-state index contributed by atoms with van der Waals surface area (Å²) in [5.41, 5.74) is 2.88. The van der Waals surface area contributed by atoms with Crippen LogP contribution >= 0.6 is 0 Å². The van der Waals surface area contributed by atoms with Crippen molar-refractivity contribution in [3.05, 3.63) is 48.0 Å². The first-order valence-electron chi connectivity index (χ1n) is 8.23. The Balaban J connectivity index is 2.02. The molecule has 0 fully saturated rings. The molecule has 0 heterocycles. The molecule has 0 radical (unpaired) electrons. The molecule has 0 aliphatic rings. The molecule has 1 amide bonds. The van der Waals surface area contributed by atoms with E-state index < -0.39 is 0 Å². The minimum atomic E-state index is -0.0250. The molecule has 25 heavy (non-hydrogen) atoms. The molecule has 1 atom stereocenters. The molecule has 2 aromatic carbocycles. The molecule has 134 valence electrons. The van der Waals surface area contributed by atoms with Gasteiger partial charge in [0.05, 0.1) is 14.2 Å². The molecule has 5 heteroatoms. The highest BCUT2D eigenvalue weighted by Gasteiger charge is 2.16. The first-order chi connectivity index (χ1) is 11.9. The molecule has 2 aromatic rings. The van der Waals surface area contributed by atoms with E-state index in [9.17, 15) is 4.79 Å². The summed E-state index contributed by atoms with van der Waals surface area (Å²) in [6.07, 6.45) is 0.373. The molecular formula is C20H26N2O3. The predicted octanol–water partition coefficient (Wildman–Crippen LogP) is 3.90. The lowest BCUT2D eigenvalue weighted by Crippen LogP contribution is -2.15. The minimum absolute atomic E-state index is 0.0250. The third-order valence-corrected chi connectivity index (χ3v) is 4.13. The van der Waals surface area contributed by atoms with Gasteiger partial charge >= 0.3 is 0 Å². The number of carbonyl (C=O) groups is 1. The maximum absolute atomic E-state index is 12.4. The maximum Gasteiger partial charge on any atom is 0.224 e. The molecule has 0 aromatic heterocycles. The Labute approximate surface area is 149 Å². The Morgan fingerprint density at radius 2 is 1.76 bits per heavy atom. The Morgan fingerprint density at radius 3 is 2.32 bits per heavy atom. The SMILES string of the molecule is COc1ccc(C(C)CC(=O)Nc2ccc(N(C)C)cc2)c(OC)c1. The molecule has 2 rings (SSSR count). The van der Waals surface area contributed by atoms with Gasteiger partial charge in [-0.3, -0.25) is 4.79 Å². The Hall–Kier alpha value is -2.69. The van der Waals surface area contributed by atoms with Crippen molar-refractivity contribution in [3.8, 4) is 11.5 Å². The number of nitrogens with one attached hydrogen (secondary N) is 1. The number of carbonyl (C=O) groups excluding carboxylic acids is 1. The van der Waals surface area contributed by atoms with Crippen LogP contribution in [0, 0.1) is 0 Å². The standard InChI is InChI=1S/C20H26N2O3/c1-14(18-11-10-17(24-4)13-19(18)25-5)12-20(23)21-15-6-8-16(9-7-15)22(2)3/h6-11,13-14H,12H2,1-5H3,(H,21,23). The summed E-state index contributed by atoms with van der Waals surface area (Å²) in [4.78, 5) is 14.4. The van der Waals surface area contributed by atoms with Gasteiger partial charge in [-0.2, -0.15) is 0 Å². The maximum atomic E-state index is 12.4. The van der Waals surface area contributed by atoms with Crippen LogP contribution < -0.4 is 19.7 Å². The number of benzene rings is 2. The van der Waals surface area contributed by atoms with Gasteiger partial charge in [-0.15, -0.1) is 0 Å². The molecule has 0 aliphatic heterocycles. The van der Waals surface area contributed by atoms with Crippen LogP contribution in [-0.2, 0) is 4.79 Å². The number of amides is 1. The van der Waals surface area contributed by atoms with Crippen molar-refractivity contribution in [1.29, 1.82) is 0 Å². The van der Waals surface area contributed by atoms with E-state index in [1.54, 1.807) is 14.2 Å². The van der Waals surface area contributed by atoms with Crippen molar-refractivity contribution in [2.45, 2.75) is 19.3 Å². The van der Waals surface area contributed by atoms with Gasteiger partial charge in [0, 0.05) is 38.0 Å². The Morgan fingerprint density at radius 1 is 1.08 bits per heavy atom. The summed E-state index contributed by atoms with van der Waals surface area (Å²) in [6.45, 7) is 2.01. The van der Waals surface area contributed by atoms with Crippen molar-refractivity contribution in [2.24, 2.45) is 0 Å². The summed E-state index contributed by atoms with van der Waals surface area (Å²) in [5, 5.41) is 2.95. The van der Waals surface area contributed by atoms with Gasteiger partial charge in [0.25, 0.3) is 0 Å². The predicted molar refractivity (Wildman–Crippen MR) is 102 cm³/mol. The smallest absolute Gasteiger partial charge is 0.224 e. The second-order valence-electron chi connectivity index (χ2n) is 6.20. The van der Waals surface area contributed by atoms with Gasteiger partial charge in [0.1, 0.15) is 11.5 Å². The third kappa shape index (κ3) is 4.89. The van der Waals surface area contributed by atoms with Gasteiger partial charge < -0.3 is 19.7 Å². The van der Waals surface area contributed by atoms with Gasteiger partial charge in [-0.25, -0.2) is 0 Å². The quantitative estimate of drug-likeness (QED) is 0.829. The average molecular weight is 342 g/mol. The molecule has 0 bridgehead atoms. The topological polar surface area (TPSA) is 50.8 Å². The number of ether oxygens (including phenoxy) is 2. The van der Waals surface area contributed by atoms with E-state index in [1.807, 2.05) is 68.4 Å². The van der Waals surface area contributed by atoms with Crippen molar-refractivity contribution in [1.82, 2.24) is 0 Å². The average Bonchev–Trinajstić information content (AvgIpc) is 2.61. The van der Waals surface area contributed by atoms with Crippen molar-refractivity contribution in [3.63, 3.8) is 0 Å². The van der Waals surface area contributed by atoms with E-state index in [-0.39, 0.29) is 11.8 Å². The van der Waals surface area contributed by atoms with Crippen LogP contribution in [0.5, 0.6) is 11.5 Å². The highest BCUT2D eigenvalue weighted by atomic mass is 16.5. The second kappa shape index (κ2) is 8.42. The number of rotatable bonds is 7. The van der Waals surface area contributed by atoms with Crippen LogP contribution in [0.2, 0.25) is 0 Å². The zero-order valence-corrected chi connectivity index (χ0v) is 15.5. The lowest BCUT2D eigenvalue weighted by Gasteiger charge is -2.17. The molecule has 0 aliphatic carbocycles. The van der Waals surface area contributed by atoms with E-state index >= 15 is 0 Å². The van der Waals surface area contributed by atoms with Crippen LogP contribution in [0.15, 0.2) is 42.5 Å². The zero-order chi connectivity index (χ0) is 18.4. The van der Waals surface area contributed by atoms with E-state index in [0.29, 0.717) is 6.42 Å². The molecule has 5 nitrogen and oxygen atoms in total. The van der Waals surface area contributed by atoms with E-state index in [2.05, 4.69) is 5.32 Å². The summed E-state index contributed by atoms with van der Waals surface area (Å²) in [5.74, 6) is 1.47. The normalized spacial score (nSPS) is 11.6. The Kier molecular flexibility index (Phi) is 6.28. The fraction of sp³-hybridized carbons (Fsp3) is 0.350. The Bertz CT molecular complexity index is 711. The summed E-state index contributed by atoms with van der Waals surface area (Å²) >= 11 is 0. The lowest BCUT2D eigenvalue weighted by atomic mass is 9.96. The molecule has 1 unspecified atom stereocenters. The molecule has 0 spiro atoms. The van der Waals surface area contributed by atoms with E-state index in [4.69, 9.17) is 9.47 Å². The fourth-order valence-electron chi connectivity index (χ4n) is 2.67. The van der Waals surface area contributed by atoms with Gasteiger partial charge in [-0.1, -0.05) is 13.0 Å². The molecule has 1 N–H and O–H groups in total. The van der Waals surface area contributed by atoms with E-state index in [1.165, 1.54) is 0 Å². The largest absolute Gasteiger partial charge is 0.497 e. The van der Waals surface area contributed by atoms with Crippen LogP contribution in [0.25, 0.3) is 0 Å². The summed E-state index contributed by atoms with van der Waals surface area (Å²) < 4.78 is 10.6. The van der Waals surface area contributed by atoms with Gasteiger partial charge in [0.2, 0.25) is 5.91 Å². The van der Waals surface area contributed by atoms with Crippen LogP contribution in [0.4, 0.5) is 11.4 Å².